The van der Waals surface area contributed by atoms with Crippen molar-refractivity contribution in [3.8, 4) is 0 Å². The lowest BCUT2D eigenvalue weighted by Crippen LogP contribution is -2.40. The van der Waals surface area contributed by atoms with Crippen molar-refractivity contribution in [3.63, 3.8) is 0 Å². The second kappa shape index (κ2) is 8.08. The van der Waals surface area contributed by atoms with Crippen LogP contribution in [0.2, 0.25) is 0 Å². The number of nitrogens with zero attached hydrogens (tertiary/aromatic N) is 4. The van der Waals surface area contributed by atoms with Crippen LogP contribution in [0.5, 0.6) is 0 Å². The molecule has 0 aliphatic heterocycles. The molecule has 6 nitrogen and oxygen atoms in total. The molecule has 0 fully saturated rings. The average Bonchev–Trinajstić information content (AvgIpc) is 2.62. The van der Waals surface area contributed by atoms with Crippen LogP contribution in [-0.4, -0.2) is 28.8 Å². The summed E-state index contributed by atoms with van der Waals surface area (Å²) in [6.07, 6.45) is 8.91. The van der Waals surface area contributed by atoms with Gasteiger partial charge in [-0.3, -0.25) is 4.99 Å². The van der Waals surface area contributed by atoms with Crippen LogP contribution in [0.15, 0.2) is 74.8 Å². The predicted octanol–water partition coefficient (Wildman–Crippen LogP) is 3.93. The summed E-state index contributed by atoms with van der Waals surface area (Å²) < 4.78 is 0. The van der Waals surface area contributed by atoms with Gasteiger partial charge in [-0.2, -0.15) is 10.2 Å². The molecule has 26 heavy (non-hydrogen) atoms. The number of rotatable bonds is 6. The van der Waals surface area contributed by atoms with Crippen molar-refractivity contribution in [2.75, 3.05) is 0 Å². The highest BCUT2D eigenvalue weighted by Crippen LogP contribution is 2.20. The third kappa shape index (κ3) is 5.37. The molecular formula is C20H28N6. The number of hydrogen-bond acceptors (Lipinski definition) is 4. The molecule has 1 atom stereocenters. The van der Waals surface area contributed by atoms with E-state index in [0.717, 1.165) is 12.1 Å². The number of benzene rings is 1. The molecule has 2 rings (SSSR count). The smallest absolute Gasteiger partial charge is 0.133 e. The molecule has 1 aromatic rings. The zero-order valence-corrected chi connectivity index (χ0v) is 15.9. The van der Waals surface area contributed by atoms with Crippen molar-refractivity contribution in [1.29, 1.82) is 0 Å². The largest absolute Gasteiger partial charge is 0.385 e. The van der Waals surface area contributed by atoms with Crippen LogP contribution in [0.4, 0.5) is 5.69 Å². The van der Waals surface area contributed by atoms with Crippen molar-refractivity contribution >= 4 is 17.4 Å². The van der Waals surface area contributed by atoms with Gasteiger partial charge in [0.2, 0.25) is 0 Å². The molecule has 0 saturated heterocycles. The van der Waals surface area contributed by atoms with Crippen LogP contribution in [0.3, 0.4) is 0 Å². The second-order valence-corrected chi connectivity index (χ2v) is 7.28. The summed E-state index contributed by atoms with van der Waals surface area (Å²) in [5.41, 5.74) is 11.7. The Kier molecular flexibility index (Phi) is 6.08. The van der Waals surface area contributed by atoms with Gasteiger partial charge in [0, 0.05) is 0 Å². The number of aliphatic imine (C=N–C) groups is 2. The Morgan fingerprint density at radius 3 is 2.12 bits per heavy atom. The van der Waals surface area contributed by atoms with Crippen molar-refractivity contribution in [3.05, 3.63) is 54.6 Å². The maximum Gasteiger partial charge on any atom is 0.133 e. The van der Waals surface area contributed by atoms with Crippen molar-refractivity contribution in [2.24, 2.45) is 31.7 Å². The lowest BCUT2D eigenvalue weighted by atomic mass is 10.0. The molecule has 4 N–H and O–H groups in total. The lowest BCUT2D eigenvalue weighted by Gasteiger charge is -2.23. The van der Waals surface area contributed by atoms with Crippen LogP contribution < -0.4 is 11.5 Å². The highest BCUT2D eigenvalue weighted by atomic mass is 15.2. The first-order valence-electron chi connectivity index (χ1n) is 8.71. The van der Waals surface area contributed by atoms with Gasteiger partial charge in [-0.15, -0.1) is 0 Å². The van der Waals surface area contributed by atoms with Gasteiger partial charge in [0.05, 0.1) is 11.7 Å². The third-order valence-corrected chi connectivity index (χ3v) is 4.07. The topological polar surface area (TPSA) is 101 Å². The van der Waals surface area contributed by atoms with Crippen LogP contribution in [-0.2, 0) is 0 Å². The van der Waals surface area contributed by atoms with Gasteiger partial charge in [-0.25, -0.2) is 4.99 Å². The molecule has 0 radical (unpaired) electrons. The van der Waals surface area contributed by atoms with Crippen LogP contribution >= 0.6 is 0 Å². The average molecular weight is 352 g/mol. The van der Waals surface area contributed by atoms with Crippen molar-refractivity contribution in [2.45, 2.75) is 51.2 Å². The van der Waals surface area contributed by atoms with Gasteiger partial charge in [0.1, 0.15) is 22.7 Å². The zero-order valence-electron chi connectivity index (χ0n) is 15.9. The lowest BCUT2D eigenvalue weighted by molar-refractivity contribution is 0.557. The van der Waals surface area contributed by atoms with Crippen molar-refractivity contribution < 1.29 is 0 Å². The maximum atomic E-state index is 6.19. The molecule has 0 bridgehead atoms. The van der Waals surface area contributed by atoms with Gasteiger partial charge in [-0.05, 0) is 46.2 Å². The van der Waals surface area contributed by atoms with E-state index < -0.39 is 11.1 Å². The Hall–Kier alpha value is -2.76. The quantitative estimate of drug-likeness (QED) is 0.460. The first-order valence-corrected chi connectivity index (χ1v) is 8.71. The van der Waals surface area contributed by atoms with Gasteiger partial charge < -0.3 is 11.5 Å². The Morgan fingerprint density at radius 1 is 0.923 bits per heavy atom. The van der Waals surface area contributed by atoms with Gasteiger partial charge >= 0.3 is 0 Å². The SMILES string of the molecule is CC(C)(N=NC(C)(C)C(N)=NC1C=CC=CC1)C(N)=Nc1ccccc1. The van der Waals surface area contributed by atoms with Crippen LogP contribution in [0, 0.1) is 0 Å². The monoisotopic (exact) mass is 352 g/mol. The zero-order chi connectivity index (χ0) is 19.2. The fourth-order valence-electron chi connectivity index (χ4n) is 2.13. The van der Waals surface area contributed by atoms with E-state index in [1.807, 2.05) is 76.3 Å². The fourth-order valence-corrected chi connectivity index (χ4v) is 2.13. The summed E-state index contributed by atoms with van der Waals surface area (Å²) in [6, 6.07) is 9.59. The molecule has 0 amide bonds. The number of nitrogens with two attached hydrogens (primary N) is 2. The molecule has 1 unspecified atom stereocenters. The summed E-state index contributed by atoms with van der Waals surface area (Å²) >= 11 is 0. The van der Waals surface area contributed by atoms with Gasteiger partial charge in [0.25, 0.3) is 0 Å². The molecule has 0 spiro atoms. The van der Waals surface area contributed by atoms with E-state index in [0.29, 0.717) is 11.7 Å². The first kappa shape index (κ1) is 19.6. The first-order chi connectivity index (χ1) is 12.2. The third-order valence-electron chi connectivity index (χ3n) is 4.07. The van der Waals surface area contributed by atoms with E-state index in [1.54, 1.807) is 0 Å². The predicted molar refractivity (Wildman–Crippen MR) is 109 cm³/mol. The number of azo groups is 1. The Morgan fingerprint density at radius 2 is 1.54 bits per heavy atom. The summed E-state index contributed by atoms with van der Waals surface area (Å²) in [7, 11) is 0. The van der Waals surface area contributed by atoms with Gasteiger partial charge in [0.15, 0.2) is 0 Å². The summed E-state index contributed by atoms with van der Waals surface area (Å²) in [5, 5.41) is 8.84. The molecule has 0 saturated carbocycles. The van der Waals surface area contributed by atoms with Crippen LogP contribution in [0.1, 0.15) is 34.1 Å². The minimum Gasteiger partial charge on any atom is -0.385 e. The van der Waals surface area contributed by atoms with E-state index in [-0.39, 0.29) is 6.04 Å². The highest BCUT2D eigenvalue weighted by Gasteiger charge is 2.27. The van der Waals surface area contributed by atoms with Crippen LogP contribution in [0.25, 0.3) is 0 Å². The molecular weight excluding hydrogens is 324 g/mol. The minimum atomic E-state index is -0.749. The summed E-state index contributed by atoms with van der Waals surface area (Å²) in [6.45, 7) is 7.52. The fraction of sp³-hybridized carbons (Fsp3) is 0.400. The molecule has 6 heteroatoms. The molecule has 1 aliphatic carbocycles. The molecule has 1 aliphatic rings. The second-order valence-electron chi connectivity index (χ2n) is 7.28. The van der Waals surface area contributed by atoms with E-state index in [1.165, 1.54) is 0 Å². The van der Waals surface area contributed by atoms with E-state index >= 15 is 0 Å². The maximum absolute atomic E-state index is 6.19. The molecule has 1 aromatic carbocycles. The Balaban J connectivity index is 2.14. The summed E-state index contributed by atoms with van der Waals surface area (Å²) in [4.78, 5) is 8.99. The van der Waals surface area contributed by atoms with E-state index in [2.05, 4.69) is 26.3 Å². The summed E-state index contributed by atoms with van der Waals surface area (Å²) in [5.74, 6) is 0.833. The highest BCUT2D eigenvalue weighted by molar-refractivity contribution is 5.92. The number of allylic oxidation sites excluding steroid dienone is 2. The standard InChI is InChI=1S/C20H28N6/c1-19(2,17(21)23-15-11-7-5-8-12-15)25-26-20(3,4)18(22)24-16-13-9-6-10-14-16/h5-13,16H,14H2,1-4H3,(H2,21,23)(H2,22,24). The Bertz CT molecular complexity index is 754. The molecule has 0 aromatic heterocycles. The number of amidine groups is 2. The number of para-hydroxylation sites is 1. The number of hydrogen-bond donors (Lipinski definition) is 2. The van der Waals surface area contributed by atoms with E-state index in [9.17, 15) is 0 Å². The van der Waals surface area contributed by atoms with Gasteiger partial charge in [-0.1, -0.05) is 42.5 Å². The normalized spacial score (nSPS) is 19.3. The molecule has 0 heterocycles. The van der Waals surface area contributed by atoms with Crippen molar-refractivity contribution in [1.82, 2.24) is 0 Å². The Labute approximate surface area is 155 Å². The molecule has 138 valence electrons. The minimum absolute atomic E-state index is 0.0483. The van der Waals surface area contributed by atoms with E-state index in [4.69, 9.17) is 11.5 Å².